The van der Waals surface area contributed by atoms with Crippen LogP contribution in [0, 0.1) is 11.6 Å². The Labute approximate surface area is 157 Å². The Morgan fingerprint density at radius 3 is 2.33 bits per heavy atom. The Hall–Kier alpha value is -3.06. The zero-order valence-corrected chi connectivity index (χ0v) is 15.2. The number of hydrogen-bond donors (Lipinski definition) is 2. The van der Waals surface area contributed by atoms with Crippen molar-refractivity contribution in [3.63, 3.8) is 0 Å². The fraction of sp³-hybridized carbons (Fsp3) is 0.200. The predicted molar refractivity (Wildman–Crippen MR) is 104 cm³/mol. The van der Waals surface area contributed by atoms with Gasteiger partial charge in [0, 0.05) is 36.5 Å². The number of aromatic nitrogens is 2. The molecule has 1 aromatic heterocycles. The molecule has 0 aliphatic rings. The van der Waals surface area contributed by atoms with Gasteiger partial charge in [-0.2, -0.15) is 0 Å². The second-order valence-corrected chi connectivity index (χ2v) is 6.31. The average Bonchev–Trinajstić information content (AvgIpc) is 2.65. The normalized spacial score (nSPS) is 10.9. The van der Waals surface area contributed by atoms with Gasteiger partial charge in [-0.15, -0.1) is 0 Å². The Morgan fingerprint density at radius 2 is 1.63 bits per heavy atom. The monoisotopic (exact) mass is 369 g/mol. The van der Waals surface area contributed by atoms with Gasteiger partial charge in [-0.1, -0.05) is 30.3 Å². The largest absolute Gasteiger partial charge is 0.369 e. The van der Waals surface area contributed by atoms with Gasteiger partial charge < -0.3 is 15.5 Å². The van der Waals surface area contributed by atoms with Gasteiger partial charge >= 0.3 is 0 Å². The lowest BCUT2D eigenvalue weighted by Gasteiger charge is -2.13. The topological polar surface area (TPSA) is 53.1 Å². The molecular formula is C20H21F2N5. The zero-order valence-electron chi connectivity index (χ0n) is 15.2. The number of benzene rings is 2. The summed E-state index contributed by atoms with van der Waals surface area (Å²) in [7, 11) is 3.99. The van der Waals surface area contributed by atoms with Gasteiger partial charge in [-0.05, 0) is 26.2 Å². The maximum Gasteiger partial charge on any atom is 0.163 e. The van der Waals surface area contributed by atoms with Gasteiger partial charge in [-0.25, -0.2) is 18.7 Å². The van der Waals surface area contributed by atoms with Gasteiger partial charge in [-0.3, -0.25) is 0 Å². The van der Waals surface area contributed by atoms with Crippen LogP contribution in [-0.2, 0) is 0 Å². The summed E-state index contributed by atoms with van der Waals surface area (Å²) in [5.41, 5.74) is 1.27. The molecule has 2 aromatic carbocycles. The summed E-state index contributed by atoms with van der Waals surface area (Å²) in [4.78, 5) is 11.1. The first-order valence-corrected chi connectivity index (χ1v) is 8.56. The molecule has 3 rings (SSSR count). The molecule has 5 nitrogen and oxygen atoms in total. The van der Waals surface area contributed by atoms with E-state index in [1.54, 1.807) is 6.07 Å². The van der Waals surface area contributed by atoms with E-state index >= 15 is 0 Å². The lowest BCUT2D eigenvalue weighted by Crippen LogP contribution is -2.21. The predicted octanol–water partition coefficient (Wildman–Crippen LogP) is 4.14. The number of rotatable bonds is 7. The molecule has 7 heteroatoms. The van der Waals surface area contributed by atoms with Crippen LogP contribution in [0.2, 0.25) is 0 Å². The van der Waals surface area contributed by atoms with Crippen molar-refractivity contribution in [3.05, 3.63) is 66.2 Å². The van der Waals surface area contributed by atoms with Crippen molar-refractivity contribution in [2.45, 2.75) is 0 Å². The quantitative estimate of drug-likeness (QED) is 0.656. The average molecular weight is 369 g/mol. The minimum absolute atomic E-state index is 0.408. The Bertz CT molecular complexity index is 900. The van der Waals surface area contributed by atoms with Gasteiger partial charge in [0.05, 0.1) is 0 Å². The summed E-state index contributed by atoms with van der Waals surface area (Å²) < 4.78 is 26.6. The van der Waals surface area contributed by atoms with Crippen LogP contribution in [0.25, 0.3) is 11.4 Å². The highest BCUT2D eigenvalue weighted by Crippen LogP contribution is 2.23. The molecule has 27 heavy (non-hydrogen) atoms. The molecule has 0 saturated carbocycles. The zero-order chi connectivity index (χ0) is 19.2. The van der Waals surface area contributed by atoms with Crippen LogP contribution in [0.4, 0.5) is 26.1 Å². The molecule has 0 radical (unpaired) electrons. The molecule has 0 fully saturated rings. The Balaban J connectivity index is 1.90. The minimum atomic E-state index is -0.915. The van der Waals surface area contributed by atoms with Crippen molar-refractivity contribution in [3.8, 4) is 11.4 Å². The van der Waals surface area contributed by atoms with Crippen LogP contribution in [0.5, 0.6) is 0 Å². The Kier molecular flexibility index (Phi) is 5.93. The lowest BCUT2D eigenvalue weighted by molar-refractivity contribution is 0.425. The number of hydrogen-bond acceptors (Lipinski definition) is 5. The summed E-state index contributed by atoms with van der Waals surface area (Å²) >= 11 is 0. The third kappa shape index (κ3) is 5.21. The smallest absolute Gasteiger partial charge is 0.163 e. The molecule has 0 unspecified atom stereocenters. The van der Waals surface area contributed by atoms with Crippen molar-refractivity contribution in [1.82, 2.24) is 14.9 Å². The maximum absolute atomic E-state index is 13.5. The molecular weight excluding hydrogens is 348 g/mol. The molecule has 0 aliphatic heterocycles. The highest BCUT2D eigenvalue weighted by molar-refractivity contribution is 5.65. The van der Waals surface area contributed by atoms with Gasteiger partial charge in [0.2, 0.25) is 0 Å². The molecule has 0 amide bonds. The van der Waals surface area contributed by atoms with E-state index < -0.39 is 11.6 Å². The molecule has 0 aliphatic carbocycles. The molecule has 0 spiro atoms. The third-order valence-corrected chi connectivity index (χ3v) is 3.82. The molecule has 140 valence electrons. The third-order valence-electron chi connectivity index (χ3n) is 3.82. The second kappa shape index (κ2) is 8.55. The first-order valence-electron chi connectivity index (χ1n) is 8.56. The SMILES string of the molecule is CN(C)CCNc1cc(Nc2ccc(F)c(F)c2)nc(-c2ccccc2)n1. The van der Waals surface area contributed by atoms with Crippen LogP contribution in [0.1, 0.15) is 0 Å². The van der Waals surface area contributed by atoms with Crippen molar-refractivity contribution < 1.29 is 8.78 Å². The second-order valence-electron chi connectivity index (χ2n) is 6.31. The summed E-state index contributed by atoms with van der Waals surface area (Å²) in [6.45, 7) is 1.56. The van der Waals surface area contributed by atoms with Crippen LogP contribution >= 0.6 is 0 Å². The van der Waals surface area contributed by atoms with E-state index in [-0.39, 0.29) is 0 Å². The molecule has 3 aromatic rings. The van der Waals surface area contributed by atoms with E-state index in [2.05, 4.69) is 25.5 Å². The van der Waals surface area contributed by atoms with Crippen LogP contribution in [-0.4, -0.2) is 42.1 Å². The molecule has 1 heterocycles. The van der Waals surface area contributed by atoms with Crippen molar-refractivity contribution in [2.75, 3.05) is 37.8 Å². The van der Waals surface area contributed by atoms with Crippen LogP contribution < -0.4 is 10.6 Å². The molecule has 0 bridgehead atoms. The van der Waals surface area contributed by atoms with E-state index in [1.165, 1.54) is 6.07 Å². The minimum Gasteiger partial charge on any atom is -0.369 e. The maximum atomic E-state index is 13.5. The van der Waals surface area contributed by atoms with E-state index in [0.717, 1.165) is 24.2 Å². The van der Waals surface area contributed by atoms with E-state index in [0.29, 0.717) is 29.7 Å². The fourth-order valence-electron chi connectivity index (χ4n) is 2.45. The van der Waals surface area contributed by atoms with Gasteiger partial charge in [0.25, 0.3) is 0 Å². The van der Waals surface area contributed by atoms with E-state index in [4.69, 9.17) is 0 Å². The first-order chi connectivity index (χ1) is 13.0. The first kappa shape index (κ1) is 18.7. The highest BCUT2D eigenvalue weighted by atomic mass is 19.2. The number of nitrogens with one attached hydrogen (secondary N) is 2. The van der Waals surface area contributed by atoms with Crippen LogP contribution in [0.15, 0.2) is 54.6 Å². The number of nitrogens with zero attached hydrogens (tertiary/aromatic N) is 3. The summed E-state index contributed by atoms with van der Waals surface area (Å²) in [5, 5.41) is 6.28. The van der Waals surface area contributed by atoms with Gasteiger partial charge in [0.15, 0.2) is 17.5 Å². The molecule has 0 saturated heterocycles. The summed E-state index contributed by atoms with van der Waals surface area (Å²) in [5.74, 6) is -0.130. The number of anilines is 3. The van der Waals surface area contributed by atoms with Gasteiger partial charge in [0.1, 0.15) is 11.6 Å². The number of likely N-dealkylation sites (N-methyl/N-ethyl adjacent to an activating group) is 1. The molecule has 2 N–H and O–H groups in total. The van der Waals surface area contributed by atoms with Crippen molar-refractivity contribution >= 4 is 17.3 Å². The Morgan fingerprint density at radius 1 is 0.889 bits per heavy atom. The highest BCUT2D eigenvalue weighted by Gasteiger charge is 2.09. The van der Waals surface area contributed by atoms with E-state index in [1.807, 2.05) is 44.4 Å². The molecule has 0 atom stereocenters. The van der Waals surface area contributed by atoms with Crippen molar-refractivity contribution in [2.24, 2.45) is 0 Å². The van der Waals surface area contributed by atoms with Crippen LogP contribution in [0.3, 0.4) is 0 Å². The summed E-state index contributed by atoms with van der Waals surface area (Å²) in [6, 6.07) is 14.9. The lowest BCUT2D eigenvalue weighted by atomic mass is 10.2. The van der Waals surface area contributed by atoms with E-state index in [9.17, 15) is 8.78 Å². The fourth-order valence-corrected chi connectivity index (χ4v) is 2.45. The standard InChI is InChI=1S/C20H21F2N5/c1-27(2)11-10-23-18-13-19(24-15-8-9-16(21)17(22)12-15)26-20(25-18)14-6-4-3-5-7-14/h3-9,12-13H,10-11H2,1-2H3,(H2,23,24,25,26). The summed E-state index contributed by atoms with van der Waals surface area (Å²) in [6.07, 6.45) is 0. The number of halogens is 2. The van der Waals surface area contributed by atoms with Crippen molar-refractivity contribution in [1.29, 1.82) is 0 Å².